The third-order valence-corrected chi connectivity index (χ3v) is 2.90. The number of aliphatic hydroxyl groups excluding tert-OH is 2. The van der Waals surface area contributed by atoms with Gasteiger partial charge in [0.1, 0.15) is 6.10 Å². The molecule has 2 atom stereocenters. The Kier molecular flexibility index (Phi) is 6.52. The van der Waals surface area contributed by atoms with Gasteiger partial charge in [-0.25, -0.2) is 0 Å². The number of aryl methyl sites for hydroxylation is 1. The molecule has 0 saturated carbocycles. The zero-order valence-electron chi connectivity index (χ0n) is 11.1. The molecule has 20 heavy (non-hydrogen) atoms. The fourth-order valence-electron chi connectivity index (χ4n) is 1.82. The summed E-state index contributed by atoms with van der Waals surface area (Å²) in [6.45, 7) is -0.219. The normalized spacial score (nSPS) is 13.2. The molecule has 0 amide bonds. The third kappa shape index (κ3) is 4.55. The molecule has 0 radical (unpaired) electrons. The molecule has 0 aliphatic carbocycles. The van der Waals surface area contributed by atoms with E-state index in [1.165, 1.54) is 7.11 Å². The summed E-state index contributed by atoms with van der Waals surface area (Å²) in [6, 6.07) is 6.93. The van der Waals surface area contributed by atoms with Crippen LogP contribution < -0.4 is 0 Å². The highest BCUT2D eigenvalue weighted by molar-refractivity contribution is 5.69. The minimum Gasteiger partial charge on any atom is -0.469 e. The lowest BCUT2D eigenvalue weighted by atomic mass is 9.96. The van der Waals surface area contributed by atoms with E-state index in [0.717, 1.165) is 5.56 Å². The number of ether oxygens (including phenoxy) is 1. The van der Waals surface area contributed by atoms with E-state index >= 15 is 0 Å². The summed E-state index contributed by atoms with van der Waals surface area (Å²) in [5, 5.41) is 23.0. The van der Waals surface area contributed by atoms with Gasteiger partial charge in [-0.3, -0.25) is 4.79 Å². The molecule has 2 unspecified atom stereocenters. The van der Waals surface area contributed by atoms with Crippen molar-refractivity contribution in [2.45, 2.75) is 25.0 Å². The van der Waals surface area contributed by atoms with E-state index in [1.807, 2.05) is 0 Å². The van der Waals surface area contributed by atoms with Crippen LogP contribution in [0.4, 0.5) is 0 Å². The molecular formula is C13H17N3O4. The second-order valence-electron chi connectivity index (χ2n) is 4.20. The topological polar surface area (TPSA) is 116 Å². The standard InChI is InChI=1S/C13H17N3O4/c1-20-12(18)7-6-9-4-2-3-5-10(9)13(19)11(17)8-15-16-14/h2-5,11,13,17,19H,6-8H2,1H3. The molecule has 1 rings (SSSR count). The van der Waals surface area contributed by atoms with Crippen LogP contribution >= 0.6 is 0 Å². The van der Waals surface area contributed by atoms with Crippen LogP contribution in [0.5, 0.6) is 0 Å². The SMILES string of the molecule is COC(=O)CCc1ccccc1C(O)C(O)CN=[N+]=[N-]. The average molecular weight is 279 g/mol. The Morgan fingerprint density at radius 3 is 2.80 bits per heavy atom. The van der Waals surface area contributed by atoms with Gasteiger partial charge in [-0.05, 0) is 23.1 Å². The molecule has 0 aliphatic rings. The van der Waals surface area contributed by atoms with Crippen molar-refractivity contribution >= 4 is 5.97 Å². The van der Waals surface area contributed by atoms with E-state index in [2.05, 4.69) is 14.8 Å². The number of methoxy groups -OCH3 is 1. The van der Waals surface area contributed by atoms with Crippen molar-refractivity contribution < 1.29 is 19.7 Å². The quantitative estimate of drug-likeness (QED) is 0.340. The van der Waals surface area contributed by atoms with Crippen molar-refractivity contribution in [3.05, 3.63) is 45.8 Å². The summed E-state index contributed by atoms with van der Waals surface area (Å²) in [7, 11) is 1.31. The smallest absolute Gasteiger partial charge is 0.305 e. The summed E-state index contributed by atoms with van der Waals surface area (Å²) in [4.78, 5) is 13.7. The van der Waals surface area contributed by atoms with Gasteiger partial charge >= 0.3 is 5.97 Å². The van der Waals surface area contributed by atoms with E-state index < -0.39 is 12.2 Å². The predicted molar refractivity (Wildman–Crippen MR) is 71.8 cm³/mol. The number of esters is 1. The molecule has 108 valence electrons. The Morgan fingerprint density at radius 2 is 2.15 bits per heavy atom. The van der Waals surface area contributed by atoms with Crippen molar-refractivity contribution in [2.75, 3.05) is 13.7 Å². The number of hydrogen-bond donors (Lipinski definition) is 2. The van der Waals surface area contributed by atoms with Crippen LogP contribution in [-0.4, -0.2) is 35.9 Å². The molecule has 1 aromatic carbocycles. The zero-order chi connectivity index (χ0) is 15.0. The van der Waals surface area contributed by atoms with Crippen LogP contribution in [-0.2, 0) is 16.0 Å². The Labute approximate surface area is 116 Å². The number of carbonyl (C=O) groups is 1. The van der Waals surface area contributed by atoms with Crippen molar-refractivity contribution in [3.63, 3.8) is 0 Å². The fraction of sp³-hybridized carbons (Fsp3) is 0.462. The van der Waals surface area contributed by atoms with Gasteiger partial charge in [0, 0.05) is 11.3 Å². The van der Waals surface area contributed by atoms with Crippen LogP contribution in [0.25, 0.3) is 10.4 Å². The fourth-order valence-corrected chi connectivity index (χ4v) is 1.82. The highest BCUT2D eigenvalue weighted by atomic mass is 16.5. The molecule has 7 nitrogen and oxygen atoms in total. The van der Waals surface area contributed by atoms with E-state index in [1.54, 1.807) is 24.3 Å². The Bertz CT molecular complexity index is 500. The van der Waals surface area contributed by atoms with Crippen molar-refractivity contribution in [1.29, 1.82) is 0 Å². The van der Waals surface area contributed by atoms with Crippen LogP contribution in [0, 0.1) is 0 Å². The Morgan fingerprint density at radius 1 is 1.45 bits per heavy atom. The van der Waals surface area contributed by atoms with Crippen molar-refractivity contribution in [3.8, 4) is 0 Å². The van der Waals surface area contributed by atoms with Gasteiger partial charge in [0.05, 0.1) is 19.8 Å². The molecule has 0 saturated heterocycles. The summed E-state index contributed by atoms with van der Waals surface area (Å²) in [6.07, 6.45) is -1.78. The number of carbonyl (C=O) groups excluding carboxylic acids is 1. The van der Waals surface area contributed by atoms with Gasteiger partial charge in [0.2, 0.25) is 0 Å². The van der Waals surface area contributed by atoms with E-state index in [4.69, 9.17) is 5.53 Å². The monoisotopic (exact) mass is 279 g/mol. The summed E-state index contributed by atoms with van der Waals surface area (Å²) >= 11 is 0. The first-order valence-electron chi connectivity index (χ1n) is 6.11. The van der Waals surface area contributed by atoms with Crippen molar-refractivity contribution in [1.82, 2.24) is 0 Å². The second-order valence-corrected chi connectivity index (χ2v) is 4.20. The molecule has 7 heteroatoms. The highest BCUT2D eigenvalue weighted by Gasteiger charge is 2.20. The zero-order valence-corrected chi connectivity index (χ0v) is 11.1. The molecule has 1 aromatic rings. The van der Waals surface area contributed by atoms with Crippen LogP contribution in [0.3, 0.4) is 0 Å². The summed E-state index contributed by atoms with van der Waals surface area (Å²) in [5.41, 5.74) is 9.46. The molecule has 0 fully saturated rings. The maximum absolute atomic E-state index is 11.2. The average Bonchev–Trinajstić information content (AvgIpc) is 2.49. The number of hydrogen-bond acceptors (Lipinski definition) is 5. The minimum atomic E-state index is -1.19. The lowest BCUT2D eigenvalue weighted by Crippen LogP contribution is -2.22. The Hall–Kier alpha value is -2.08. The number of rotatable bonds is 7. The molecule has 2 N–H and O–H groups in total. The molecule has 0 aromatic heterocycles. The largest absolute Gasteiger partial charge is 0.469 e. The second kappa shape index (κ2) is 8.16. The van der Waals surface area contributed by atoms with E-state index in [-0.39, 0.29) is 18.9 Å². The first-order chi connectivity index (χ1) is 9.60. The van der Waals surface area contributed by atoms with Crippen LogP contribution in [0.15, 0.2) is 29.4 Å². The summed E-state index contributed by atoms with van der Waals surface area (Å²) in [5.74, 6) is -0.344. The lowest BCUT2D eigenvalue weighted by molar-refractivity contribution is -0.140. The predicted octanol–water partition coefficient (Wildman–Crippen LogP) is 1.50. The summed E-state index contributed by atoms with van der Waals surface area (Å²) < 4.78 is 4.57. The van der Waals surface area contributed by atoms with Gasteiger partial charge in [-0.2, -0.15) is 0 Å². The van der Waals surface area contributed by atoms with Gasteiger partial charge in [-0.15, -0.1) is 0 Å². The van der Waals surface area contributed by atoms with Gasteiger partial charge < -0.3 is 14.9 Å². The van der Waals surface area contributed by atoms with Gasteiger partial charge in [0.25, 0.3) is 0 Å². The van der Waals surface area contributed by atoms with Gasteiger partial charge in [-0.1, -0.05) is 29.4 Å². The molecular weight excluding hydrogens is 262 g/mol. The number of aliphatic hydroxyl groups is 2. The maximum Gasteiger partial charge on any atom is 0.305 e. The van der Waals surface area contributed by atoms with E-state index in [0.29, 0.717) is 12.0 Å². The van der Waals surface area contributed by atoms with Crippen LogP contribution in [0.2, 0.25) is 0 Å². The van der Waals surface area contributed by atoms with Crippen LogP contribution in [0.1, 0.15) is 23.7 Å². The number of benzene rings is 1. The van der Waals surface area contributed by atoms with Crippen molar-refractivity contribution in [2.24, 2.45) is 5.11 Å². The lowest BCUT2D eigenvalue weighted by Gasteiger charge is -2.19. The molecule has 0 bridgehead atoms. The first kappa shape index (κ1) is 16.0. The Balaban J connectivity index is 2.83. The maximum atomic E-state index is 11.2. The number of nitrogens with zero attached hydrogens (tertiary/aromatic N) is 3. The first-order valence-corrected chi connectivity index (χ1v) is 6.11. The molecule has 0 spiro atoms. The molecule has 0 aliphatic heterocycles. The highest BCUT2D eigenvalue weighted by Crippen LogP contribution is 2.22. The van der Waals surface area contributed by atoms with E-state index in [9.17, 15) is 15.0 Å². The van der Waals surface area contributed by atoms with Gasteiger partial charge in [0.15, 0.2) is 0 Å². The third-order valence-electron chi connectivity index (χ3n) is 2.90. The number of azide groups is 1. The molecule has 0 heterocycles. The minimum absolute atomic E-state index is 0.187.